The van der Waals surface area contributed by atoms with Crippen molar-refractivity contribution in [1.82, 2.24) is 4.98 Å². The minimum atomic E-state index is -0.887. The van der Waals surface area contributed by atoms with Crippen molar-refractivity contribution in [3.05, 3.63) is 135 Å². The molecule has 4 N–H and O–H groups in total. The summed E-state index contributed by atoms with van der Waals surface area (Å²) in [5.41, 5.74) is 17.5. The maximum Gasteiger partial charge on any atom is 0.220 e. The second-order valence-electron chi connectivity index (χ2n) is 13.9. The molecule has 0 saturated heterocycles. The van der Waals surface area contributed by atoms with E-state index in [1.54, 1.807) is 19.2 Å². The Morgan fingerprint density at radius 1 is 0.714 bits per heavy atom. The molecular weight excluding hydrogens is 781 g/mol. The van der Waals surface area contributed by atoms with Gasteiger partial charge in [0, 0.05) is 38.5 Å². The Labute approximate surface area is 330 Å². The van der Waals surface area contributed by atoms with Gasteiger partial charge < -0.3 is 39.9 Å². The van der Waals surface area contributed by atoms with Gasteiger partial charge in [-0.2, -0.15) is 4.39 Å². The number of pyridine rings is 1. The van der Waals surface area contributed by atoms with E-state index in [1.165, 1.54) is 11.8 Å². The Hall–Kier alpha value is -5.60. The highest BCUT2D eigenvalue weighted by atomic mass is 79.9. The second kappa shape index (κ2) is 14.5. The fourth-order valence-electron chi connectivity index (χ4n) is 7.91. The van der Waals surface area contributed by atoms with Crippen LogP contribution in [-0.2, 0) is 25.3 Å². The van der Waals surface area contributed by atoms with E-state index in [9.17, 15) is 4.39 Å². The van der Waals surface area contributed by atoms with Crippen molar-refractivity contribution in [3.8, 4) is 39.9 Å². The van der Waals surface area contributed by atoms with Gasteiger partial charge in [-0.15, -0.1) is 0 Å². The van der Waals surface area contributed by atoms with Gasteiger partial charge in [0.1, 0.15) is 64.7 Å². The lowest BCUT2D eigenvalue weighted by molar-refractivity contribution is 0.109. The largest absolute Gasteiger partial charge is 0.497 e. The van der Waals surface area contributed by atoms with Crippen LogP contribution in [0.2, 0.25) is 0 Å². The highest BCUT2D eigenvalue weighted by Gasteiger charge is 2.46. The first-order valence-electron chi connectivity index (χ1n) is 18.1. The summed E-state index contributed by atoms with van der Waals surface area (Å²) in [7, 11) is 1.64. The molecule has 0 unspecified atom stereocenters. The summed E-state index contributed by atoms with van der Waals surface area (Å²) in [4.78, 5) is 13.5. The summed E-state index contributed by atoms with van der Waals surface area (Å²) in [6, 6.07) is 26.7. The lowest BCUT2D eigenvalue weighted by Crippen LogP contribution is -2.42. The first-order chi connectivity index (χ1) is 27.3. The van der Waals surface area contributed by atoms with Gasteiger partial charge in [-0.25, -0.2) is 4.98 Å². The molecule has 5 aliphatic heterocycles. The summed E-state index contributed by atoms with van der Waals surface area (Å²) in [5, 5.41) is 0. The normalized spacial score (nSPS) is 21.7. The number of nitrogens with zero attached hydrogens (tertiary/aromatic N) is 3. The molecule has 0 amide bonds. The van der Waals surface area contributed by atoms with E-state index < -0.39 is 17.0 Å². The second-order valence-corrected chi connectivity index (χ2v) is 14.9. The molecule has 10 rings (SSSR count). The Bertz CT molecular complexity index is 2470. The number of nitrogens with two attached hydrogens (primary N) is 2. The minimum Gasteiger partial charge on any atom is -0.497 e. The first kappa shape index (κ1) is 36.1. The molecule has 0 aliphatic carbocycles. The molecule has 6 heterocycles. The Morgan fingerprint density at radius 2 is 1.30 bits per heavy atom. The molecule has 0 bridgehead atoms. The number of rotatable bonds is 3. The van der Waals surface area contributed by atoms with Crippen molar-refractivity contribution in [2.75, 3.05) is 46.8 Å². The number of fused-ring (bicyclic) bond motifs is 8. The maximum atomic E-state index is 14.5. The zero-order chi connectivity index (χ0) is 38.4. The number of methoxy groups -OCH3 is 1. The van der Waals surface area contributed by atoms with E-state index in [0.29, 0.717) is 67.3 Å². The molecule has 5 aliphatic rings. The van der Waals surface area contributed by atoms with Crippen LogP contribution in [0.15, 0.2) is 112 Å². The van der Waals surface area contributed by atoms with Gasteiger partial charge in [0.2, 0.25) is 5.95 Å². The molecule has 11 nitrogen and oxygen atoms in total. The third-order valence-corrected chi connectivity index (χ3v) is 11.0. The standard InChI is InChI=1S/C26H22FN3O3.C17H15BrN2O3/c27-25-19(2-1-9-29-25)18-4-6-23-21(13-18)26(15-32-14-24(28)30-26)20-12-17(3-5-22(20)33-23)16-7-10-31-11-8-16;1-21-11-3-5-15-13(7-11)17(9-22-8-16(19)20-17)12-6-10(18)2-4-14(12)23-15/h1-7,9,12-13H,8,10-11,14-15H2,(H2,28,30);2-7H,8-9H2,1H3,(H2,19,20)/t26-;17-/m10/s1. The average molecular weight is 819 g/mol. The van der Waals surface area contributed by atoms with Gasteiger partial charge >= 0.3 is 0 Å². The van der Waals surface area contributed by atoms with Gasteiger partial charge in [0.25, 0.3) is 0 Å². The molecule has 284 valence electrons. The highest BCUT2D eigenvalue weighted by molar-refractivity contribution is 9.10. The van der Waals surface area contributed by atoms with E-state index in [-0.39, 0.29) is 6.61 Å². The zero-order valence-electron chi connectivity index (χ0n) is 30.4. The fourth-order valence-corrected chi connectivity index (χ4v) is 8.27. The molecule has 13 heteroatoms. The van der Waals surface area contributed by atoms with Crippen LogP contribution in [0.1, 0.15) is 34.2 Å². The third kappa shape index (κ3) is 6.30. The lowest BCUT2D eigenvalue weighted by atomic mass is 9.78. The zero-order valence-corrected chi connectivity index (χ0v) is 32.0. The van der Waals surface area contributed by atoms with Crippen LogP contribution in [0.25, 0.3) is 16.7 Å². The topological polar surface area (TPSA) is 145 Å². The van der Waals surface area contributed by atoms with Crippen molar-refractivity contribution < 1.29 is 32.8 Å². The van der Waals surface area contributed by atoms with E-state index in [0.717, 1.165) is 56.0 Å². The summed E-state index contributed by atoms with van der Waals surface area (Å²) >= 11 is 3.52. The number of hydrogen-bond acceptors (Lipinski definition) is 11. The van der Waals surface area contributed by atoms with Crippen molar-refractivity contribution >= 4 is 33.2 Å². The average Bonchev–Trinajstić information content (AvgIpc) is 3.22. The van der Waals surface area contributed by atoms with Crippen molar-refractivity contribution in [1.29, 1.82) is 0 Å². The summed E-state index contributed by atoms with van der Waals surface area (Å²) in [5.74, 6) is 3.95. The SMILES string of the molecule is COc1ccc2c(c1)[C@]1(COCC(N)=N1)c1cc(Br)ccc1O2.NC1=N[C@]2(COC1)c1cc(C3=CCOCC3)ccc1Oc1ccc(-c3cccnc3F)cc12. The van der Waals surface area contributed by atoms with Gasteiger partial charge in [0.15, 0.2) is 0 Å². The number of amidine groups is 2. The minimum absolute atomic E-state index is 0.270. The molecule has 2 spiro atoms. The van der Waals surface area contributed by atoms with Gasteiger partial charge in [-0.1, -0.05) is 34.1 Å². The predicted molar refractivity (Wildman–Crippen MR) is 213 cm³/mol. The Morgan fingerprint density at radius 3 is 1.91 bits per heavy atom. The number of aromatic nitrogens is 1. The smallest absolute Gasteiger partial charge is 0.220 e. The van der Waals surface area contributed by atoms with Crippen LogP contribution in [0.3, 0.4) is 0 Å². The molecule has 1 aromatic heterocycles. The molecule has 0 saturated carbocycles. The van der Waals surface area contributed by atoms with Crippen LogP contribution in [0.5, 0.6) is 28.7 Å². The van der Waals surface area contributed by atoms with Crippen LogP contribution < -0.4 is 25.7 Å². The van der Waals surface area contributed by atoms with Crippen LogP contribution in [-0.4, -0.2) is 63.4 Å². The van der Waals surface area contributed by atoms with Gasteiger partial charge in [-0.3, -0.25) is 9.98 Å². The van der Waals surface area contributed by atoms with Crippen LogP contribution >= 0.6 is 15.9 Å². The van der Waals surface area contributed by atoms with Crippen LogP contribution in [0.4, 0.5) is 4.39 Å². The van der Waals surface area contributed by atoms with E-state index >= 15 is 0 Å². The number of ether oxygens (including phenoxy) is 6. The molecule has 5 aromatic rings. The number of aliphatic imine (C=N–C) groups is 2. The molecular formula is C43H37BrFN5O6. The van der Waals surface area contributed by atoms with E-state index in [4.69, 9.17) is 49.9 Å². The fraction of sp³-hybridized carbons (Fsp3) is 0.233. The highest BCUT2D eigenvalue weighted by Crippen LogP contribution is 2.53. The maximum absolute atomic E-state index is 14.5. The van der Waals surface area contributed by atoms with Gasteiger partial charge in [0.05, 0.1) is 33.5 Å². The van der Waals surface area contributed by atoms with E-state index in [2.05, 4.69) is 39.1 Å². The predicted octanol–water partition coefficient (Wildman–Crippen LogP) is 7.62. The van der Waals surface area contributed by atoms with Crippen molar-refractivity contribution in [2.45, 2.75) is 17.5 Å². The monoisotopic (exact) mass is 817 g/mol. The summed E-state index contributed by atoms with van der Waals surface area (Å²) < 4.78 is 50.2. The van der Waals surface area contributed by atoms with Crippen LogP contribution in [0, 0.1) is 5.95 Å². The third-order valence-electron chi connectivity index (χ3n) is 10.5. The molecule has 2 atom stereocenters. The summed E-state index contributed by atoms with van der Waals surface area (Å²) in [6.07, 6.45) is 4.38. The molecule has 0 fully saturated rings. The van der Waals surface area contributed by atoms with Crippen molar-refractivity contribution in [3.63, 3.8) is 0 Å². The Balaban J connectivity index is 0.000000156. The Kier molecular flexibility index (Phi) is 9.32. The lowest BCUT2D eigenvalue weighted by Gasteiger charge is -2.39. The molecule has 56 heavy (non-hydrogen) atoms. The van der Waals surface area contributed by atoms with E-state index in [1.807, 2.05) is 60.7 Å². The van der Waals surface area contributed by atoms with Gasteiger partial charge in [-0.05, 0) is 95.9 Å². The molecule has 0 radical (unpaired) electrons. The first-order valence-corrected chi connectivity index (χ1v) is 18.9. The molecule has 4 aromatic carbocycles. The summed E-state index contributed by atoms with van der Waals surface area (Å²) in [6.45, 7) is 2.62. The number of halogens is 2. The quantitative estimate of drug-likeness (QED) is 0.176. The number of hydrogen-bond donors (Lipinski definition) is 2. The number of benzene rings is 4. The van der Waals surface area contributed by atoms with Crippen molar-refractivity contribution in [2.24, 2.45) is 21.5 Å².